The maximum Gasteiger partial charge on any atom is 0.250 e. The number of thioether (sulfide) groups is 1. The summed E-state index contributed by atoms with van der Waals surface area (Å²) in [6, 6.07) is 2.50. The van der Waals surface area contributed by atoms with Gasteiger partial charge < -0.3 is 16.8 Å². The molecule has 0 heterocycles. The first-order valence-electron chi connectivity index (χ1n) is 6.68. The van der Waals surface area contributed by atoms with Crippen LogP contribution in [0.15, 0.2) is 12.1 Å². The largest absolute Gasteiger partial charge is 0.398 e. The van der Waals surface area contributed by atoms with Gasteiger partial charge >= 0.3 is 0 Å². The van der Waals surface area contributed by atoms with Gasteiger partial charge in [0.2, 0.25) is 0 Å². The minimum absolute atomic E-state index is 0.0672. The van der Waals surface area contributed by atoms with Crippen LogP contribution >= 0.6 is 11.8 Å². The van der Waals surface area contributed by atoms with Crippen molar-refractivity contribution >= 4 is 29.0 Å². The minimum Gasteiger partial charge on any atom is -0.398 e. The number of carbonyl (C=O) groups is 1. The van der Waals surface area contributed by atoms with Gasteiger partial charge in [-0.1, -0.05) is 12.8 Å². The average Bonchev–Trinajstić information content (AvgIpc) is 2.39. The maximum atomic E-state index is 13.7. The van der Waals surface area contributed by atoms with Crippen molar-refractivity contribution in [2.45, 2.75) is 25.7 Å². The third-order valence-electron chi connectivity index (χ3n) is 3.00. The lowest BCUT2D eigenvalue weighted by Crippen LogP contribution is -2.15. The van der Waals surface area contributed by atoms with E-state index >= 15 is 0 Å². The molecule has 0 saturated carbocycles. The van der Waals surface area contributed by atoms with Crippen LogP contribution in [0.4, 0.5) is 15.8 Å². The molecule has 1 aromatic rings. The molecule has 1 aromatic carbocycles. The van der Waals surface area contributed by atoms with E-state index in [-0.39, 0.29) is 16.9 Å². The number of anilines is 2. The number of carbonyl (C=O) groups excluding carboxylic acids is 1. The summed E-state index contributed by atoms with van der Waals surface area (Å²) in [5.74, 6) is 0.0691. The second-order valence-electron chi connectivity index (χ2n) is 4.62. The Morgan fingerprint density at radius 3 is 2.65 bits per heavy atom. The van der Waals surface area contributed by atoms with E-state index < -0.39 is 11.7 Å². The fraction of sp³-hybridized carbons (Fsp3) is 0.500. The molecular weight excluding hydrogens is 277 g/mol. The molecular formula is C14H22FN3OS. The van der Waals surface area contributed by atoms with Crippen molar-refractivity contribution in [3.63, 3.8) is 0 Å². The molecule has 0 radical (unpaired) electrons. The number of hydrogen-bond donors (Lipinski definition) is 3. The van der Waals surface area contributed by atoms with Gasteiger partial charge in [0, 0.05) is 12.2 Å². The molecule has 1 rings (SSSR count). The highest BCUT2D eigenvalue weighted by Gasteiger charge is 2.11. The Balaban J connectivity index is 2.44. The van der Waals surface area contributed by atoms with Gasteiger partial charge in [-0.05, 0) is 37.0 Å². The van der Waals surface area contributed by atoms with Crippen LogP contribution in [-0.4, -0.2) is 24.5 Å². The highest BCUT2D eigenvalue weighted by Crippen LogP contribution is 2.22. The van der Waals surface area contributed by atoms with Crippen LogP contribution in [0.3, 0.4) is 0 Å². The highest BCUT2D eigenvalue weighted by molar-refractivity contribution is 7.98. The molecule has 112 valence electrons. The molecule has 4 nitrogen and oxygen atoms in total. The quantitative estimate of drug-likeness (QED) is 0.484. The second-order valence-corrected chi connectivity index (χ2v) is 5.60. The van der Waals surface area contributed by atoms with Gasteiger partial charge in [0.05, 0.1) is 11.3 Å². The summed E-state index contributed by atoms with van der Waals surface area (Å²) in [6.07, 6.45) is 6.56. The van der Waals surface area contributed by atoms with Crippen molar-refractivity contribution in [3.05, 3.63) is 23.5 Å². The van der Waals surface area contributed by atoms with Gasteiger partial charge in [0.25, 0.3) is 5.91 Å². The van der Waals surface area contributed by atoms with Crippen molar-refractivity contribution in [1.82, 2.24) is 0 Å². The third-order valence-corrected chi connectivity index (χ3v) is 3.69. The Morgan fingerprint density at radius 2 is 2.00 bits per heavy atom. The summed E-state index contributed by atoms with van der Waals surface area (Å²) >= 11 is 1.85. The van der Waals surface area contributed by atoms with Gasteiger partial charge in [-0.3, -0.25) is 4.79 Å². The predicted octanol–water partition coefficient (Wildman–Crippen LogP) is 2.84. The molecule has 0 unspecified atom stereocenters. The SMILES string of the molecule is CSCCCCCCNc1cc(C(N)=O)c(N)cc1F. The molecule has 0 aromatic heterocycles. The number of primary amides is 1. The second kappa shape index (κ2) is 8.68. The molecule has 6 heteroatoms. The monoisotopic (exact) mass is 299 g/mol. The molecule has 0 aliphatic carbocycles. The number of hydrogen-bond acceptors (Lipinski definition) is 4. The summed E-state index contributed by atoms with van der Waals surface area (Å²) in [5, 5.41) is 2.98. The molecule has 0 bridgehead atoms. The molecule has 20 heavy (non-hydrogen) atoms. The number of nitrogens with one attached hydrogen (secondary N) is 1. The van der Waals surface area contributed by atoms with Crippen LogP contribution in [-0.2, 0) is 0 Å². The van der Waals surface area contributed by atoms with Crippen LogP contribution in [0.2, 0.25) is 0 Å². The fourth-order valence-electron chi connectivity index (χ4n) is 1.89. The van der Waals surface area contributed by atoms with Crippen molar-refractivity contribution in [1.29, 1.82) is 0 Å². The zero-order chi connectivity index (χ0) is 15.0. The molecule has 0 saturated heterocycles. The first-order chi connectivity index (χ1) is 9.56. The Morgan fingerprint density at radius 1 is 1.30 bits per heavy atom. The van der Waals surface area contributed by atoms with Gasteiger partial charge in [-0.2, -0.15) is 11.8 Å². The lowest BCUT2D eigenvalue weighted by atomic mass is 10.1. The fourth-order valence-corrected chi connectivity index (χ4v) is 2.38. The van der Waals surface area contributed by atoms with E-state index in [9.17, 15) is 9.18 Å². The standard InChI is InChI=1S/C14H22FN3OS/c1-20-7-5-3-2-4-6-18-13-8-10(14(17)19)12(16)9-11(13)15/h8-9,18H,2-7,16H2,1H3,(H2,17,19). The van der Waals surface area contributed by atoms with Crippen LogP contribution < -0.4 is 16.8 Å². The first-order valence-corrected chi connectivity index (χ1v) is 8.07. The molecule has 0 fully saturated rings. The average molecular weight is 299 g/mol. The van der Waals surface area contributed by atoms with Gasteiger partial charge in [-0.15, -0.1) is 0 Å². The van der Waals surface area contributed by atoms with Crippen LogP contribution in [0.25, 0.3) is 0 Å². The number of rotatable bonds is 9. The molecule has 0 atom stereocenters. The van der Waals surface area contributed by atoms with Crippen molar-refractivity contribution in [3.8, 4) is 0 Å². The van der Waals surface area contributed by atoms with E-state index in [4.69, 9.17) is 11.5 Å². The van der Waals surface area contributed by atoms with Gasteiger partial charge in [-0.25, -0.2) is 4.39 Å². The maximum absolute atomic E-state index is 13.7. The van der Waals surface area contributed by atoms with E-state index in [1.54, 1.807) is 0 Å². The number of unbranched alkanes of at least 4 members (excludes halogenated alkanes) is 3. The summed E-state index contributed by atoms with van der Waals surface area (Å²) in [6.45, 7) is 0.665. The first kappa shape index (κ1) is 16.6. The normalized spacial score (nSPS) is 10.5. The summed E-state index contributed by atoms with van der Waals surface area (Å²) in [5.41, 5.74) is 11.2. The van der Waals surface area contributed by atoms with Gasteiger partial charge in [0.1, 0.15) is 5.82 Å². The van der Waals surface area contributed by atoms with Crippen molar-refractivity contribution < 1.29 is 9.18 Å². The summed E-state index contributed by atoms with van der Waals surface area (Å²) < 4.78 is 13.7. The van der Waals surface area contributed by atoms with Crippen molar-refractivity contribution in [2.75, 3.05) is 29.6 Å². The van der Waals surface area contributed by atoms with Crippen LogP contribution in [0.5, 0.6) is 0 Å². The summed E-state index contributed by atoms with van der Waals surface area (Å²) in [7, 11) is 0. The Kier molecular flexibility index (Phi) is 7.22. The number of benzene rings is 1. The molecule has 0 aliphatic rings. The number of amides is 1. The van der Waals surface area contributed by atoms with E-state index in [1.165, 1.54) is 24.7 Å². The van der Waals surface area contributed by atoms with E-state index in [0.29, 0.717) is 6.54 Å². The van der Waals surface area contributed by atoms with Crippen molar-refractivity contribution in [2.24, 2.45) is 5.73 Å². The third kappa shape index (κ3) is 5.28. The Hall–Kier alpha value is -1.43. The lowest BCUT2D eigenvalue weighted by Gasteiger charge is -2.10. The Labute approximate surface area is 123 Å². The lowest BCUT2D eigenvalue weighted by molar-refractivity contribution is 0.100. The molecule has 5 N–H and O–H groups in total. The zero-order valence-electron chi connectivity index (χ0n) is 11.7. The molecule has 0 spiro atoms. The predicted molar refractivity (Wildman–Crippen MR) is 84.7 cm³/mol. The Bertz CT molecular complexity index is 454. The zero-order valence-corrected chi connectivity index (χ0v) is 12.6. The van der Waals surface area contributed by atoms with E-state index in [0.717, 1.165) is 18.9 Å². The number of nitrogens with two attached hydrogens (primary N) is 2. The highest BCUT2D eigenvalue weighted by atomic mass is 32.2. The van der Waals surface area contributed by atoms with E-state index in [2.05, 4.69) is 11.6 Å². The summed E-state index contributed by atoms with van der Waals surface area (Å²) in [4.78, 5) is 11.2. The van der Waals surface area contributed by atoms with Crippen LogP contribution in [0.1, 0.15) is 36.0 Å². The van der Waals surface area contributed by atoms with E-state index in [1.807, 2.05) is 11.8 Å². The molecule has 1 amide bonds. The smallest absolute Gasteiger partial charge is 0.250 e. The number of halogens is 1. The topological polar surface area (TPSA) is 81.1 Å². The van der Waals surface area contributed by atoms with Gasteiger partial charge in [0.15, 0.2) is 0 Å². The van der Waals surface area contributed by atoms with Crippen LogP contribution in [0, 0.1) is 5.82 Å². The molecule has 0 aliphatic heterocycles. The number of nitrogen functional groups attached to an aromatic ring is 1. The minimum atomic E-state index is -0.650.